The molecule has 9 nitrogen and oxygen atoms in total. The molecule has 0 aliphatic carbocycles. The van der Waals surface area contributed by atoms with E-state index in [1.807, 2.05) is 53.4 Å². The first-order chi connectivity index (χ1) is 23.2. The van der Waals surface area contributed by atoms with Crippen LogP contribution in [-0.2, 0) is 39.5 Å². The lowest BCUT2D eigenvalue weighted by Gasteiger charge is -2.36. The number of rotatable bonds is 9. The molecule has 3 aromatic rings. The monoisotopic (exact) mass is 651 g/mol. The van der Waals surface area contributed by atoms with Gasteiger partial charge in [0.25, 0.3) is 5.91 Å². The summed E-state index contributed by atoms with van der Waals surface area (Å²) >= 11 is 0. The van der Waals surface area contributed by atoms with Gasteiger partial charge in [0.15, 0.2) is 5.60 Å². The summed E-state index contributed by atoms with van der Waals surface area (Å²) in [6.07, 6.45) is 8.77. The fraction of sp³-hybridized carbons (Fsp3) is 0.410. The van der Waals surface area contributed by atoms with Crippen LogP contribution in [0.3, 0.4) is 0 Å². The maximum Gasteiger partial charge on any atom is 0.264 e. The molecular weight excluding hydrogens is 606 g/mol. The number of anilines is 2. The van der Waals surface area contributed by atoms with Crippen LogP contribution in [-0.4, -0.2) is 59.1 Å². The van der Waals surface area contributed by atoms with E-state index in [0.717, 1.165) is 48.1 Å². The summed E-state index contributed by atoms with van der Waals surface area (Å²) < 4.78 is 5.46. The summed E-state index contributed by atoms with van der Waals surface area (Å²) in [4.78, 5) is 45.4. The molecule has 0 bridgehead atoms. The van der Waals surface area contributed by atoms with Crippen molar-refractivity contribution >= 4 is 29.1 Å². The van der Waals surface area contributed by atoms with Crippen LogP contribution < -0.4 is 14.5 Å². The number of aliphatic hydroxyl groups is 2. The van der Waals surface area contributed by atoms with Gasteiger partial charge >= 0.3 is 0 Å². The van der Waals surface area contributed by atoms with Gasteiger partial charge in [0.1, 0.15) is 5.75 Å². The highest BCUT2D eigenvalue weighted by Gasteiger charge is 2.52. The fourth-order valence-electron chi connectivity index (χ4n) is 7.28. The standard InChI is InChI=1S/C39H45N3O6/c1-27(10-9-14-37(45)41-25-30-12-7-6-11-29(30)22-32(41)26-43)39(47)34-23-33(48-2)19-20-35(34)42(38(39)46)24-28-15-17-31(18-16-28)40-21-8-4-3-5-13-36(40)44/h6-7,9-12,15-20,23,27,32,43,47H,3-5,8,13-14,21-22,24-26H2,1-2H3/b10-9+/t27-,32-,39+/m0/s1. The predicted molar refractivity (Wildman–Crippen MR) is 184 cm³/mol. The summed E-state index contributed by atoms with van der Waals surface area (Å²) in [6.45, 7) is 3.03. The van der Waals surface area contributed by atoms with Crippen LogP contribution in [0.1, 0.15) is 67.7 Å². The average Bonchev–Trinajstić information content (AvgIpc) is 3.31. The van der Waals surface area contributed by atoms with Crippen LogP contribution in [0.2, 0.25) is 0 Å². The molecular formula is C39H45N3O6. The van der Waals surface area contributed by atoms with E-state index in [-0.39, 0.29) is 37.4 Å². The largest absolute Gasteiger partial charge is 0.497 e. The maximum atomic E-state index is 14.1. The SMILES string of the molecule is COc1ccc2c(c1)[C@](O)([C@@H](C)/C=C/CC(=O)N1Cc3ccccc3C[C@H]1CO)C(=O)N2Cc1ccc(N2CCCCCCC2=O)cc1. The molecule has 3 amide bonds. The molecule has 2 N–H and O–H groups in total. The van der Waals surface area contributed by atoms with E-state index in [1.165, 1.54) is 0 Å². The predicted octanol–water partition coefficient (Wildman–Crippen LogP) is 5.25. The zero-order chi connectivity index (χ0) is 33.8. The third-order valence-corrected chi connectivity index (χ3v) is 10.2. The molecule has 3 atom stereocenters. The fourth-order valence-corrected chi connectivity index (χ4v) is 7.28. The van der Waals surface area contributed by atoms with Crippen molar-refractivity contribution in [2.45, 2.75) is 76.6 Å². The highest BCUT2D eigenvalue weighted by Crippen LogP contribution is 2.47. The number of carbonyl (C=O) groups is 3. The van der Waals surface area contributed by atoms with Crippen LogP contribution in [0.4, 0.5) is 11.4 Å². The Balaban J connectivity index is 1.19. The Morgan fingerprint density at radius 1 is 1.02 bits per heavy atom. The molecule has 48 heavy (non-hydrogen) atoms. The summed E-state index contributed by atoms with van der Waals surface area (Å²) in [6, 6.07) is 20.7. The Morgan fingerprint density at radius 3 is 2.52 bits per heavy atom. The van der Waals surface area contributed by atoms with Gasteiger partial charge in [-0.25, -0.2) is 0 Å². The average molecular weight is 652 g/mol. The molecule has 252 valence electrons. The Kier molecular flexibility index (Phi) is 9.99. The minimum absolute atomic E-state index is 0.0772. The van der Waals surface area contributed by atoms with Gasteiger partial charge in [0.05, 0.1) is 32.0 Å². The number of fused-ring (bicyclic) bond motifs is 2. The minimum Gasteiger partial charge on any atom is -0.497 e. The second-order valence-corrected chi connectivity index (χ2v) is 13.2. The van der Waals surface area contributed by atoms with Crippen LogP contribution in [0.15, 0.2) is 78.9 Å². The lowest BCUT2D eigenvalue weighted by molar-refractivity contribution is -0.139. The zero-order valence-electron chi connectivity index (χ0n) is 27.8. The van der Waals surface area contributed by atoms with E-state index in [4.69, 9.17) is 4.74 Å². The van der Waals surface area contributed by atoms with Crippen molar-refractivity contribution in [1.29, 1.82) is 0 Å². The summed E-state index contributed by atoms with van der Waals surface area (Å²) in [7, 11) is 1.54. The molecule has 9 heteroatoms. The van der Waals surface area contributed by atoms with Crippen molar-refractivity contribution in [3.63, 3.8) is 0 Å². The number of nitrogens with zero attached hydrogens (tertiary/aromatic N) is 3. The normalized spacial score (nSPS) is 21.9. The number of ether oxygens (including phenoxy) is 1. The molecule has 0 aromatic heterocycles. The molecule has 3 aromatic carbocycles. The maximum absolute atomic E-state index is 14.1. The second-order valence-electron chi connectivity index (χ2n) is 13.2. The third kappa shape index (κ3) is 6.49. The second kappa shape index (κ2) is 14.3. The molecule has 0 unspecified atom stereocenters. The molecule has 6 rings (SSSR count). The number of hydrogen-bond acceptors (Lipinski definition) is 6. The van der Waals surface area contributed by atoms with Gasteiger partial charge < -0.3 is 29.6 Å². The van der Waals surface area contributed by atoms with E-state index < -0.39 is 17.4 Å². The molecule has 1 fully saturated rings. The Bertz CT molecular complexity index is 1690. The molecule has 0 radical (unpaired) electrons. The highest BCUT2D eigenvalue weighted by atomic mass is 16.5. The van der Waals surface area contributed by atoms with Crippen molar-refractivity contribution in [2.75, 3.05) is 30.1 Å². The van der Waals surface area contributed by atoms with Crippen LogP contribution in [0.25, 0.3) is 0 Å². The minimum atomic E-state index is -1.88. The smallest absolute Gasteiger partial charge is 0.264 e. The first kappa shape index (κ1) is 33.4. The van der Waals surface area contributed by atoms with Gasteiger partial charge in [-0.05, 0) is 66.3 Å². The number of hydrogen-bond donors (Lipinski definition) is 2. The Labute approximate surface area is 282 Å². The first-order valence-electron chi connectivity index (χ1n) is 17.0. The molecule has 3 aliphatic heterocycles. The van der Waals surface area contributed by atoms with Crippen molar-refractivity contribution in [3.8, 4) is 5.75 Å². The van der Waals surface area contributed by atoms with E-state index in [0.29, 0.717) is 42.9 Å². The van der Waals surface area contributed by atoms with Crippen molar-refractivity contribution in [1.82, 2.24) is 4.90 Å². The highest BCUT2D eigenvalue weighted by molar-refractivity contribution is 6.07. The summed E-state index contributed by atoms with van der Waals surface area (Å²) in [5, 5.41) is 22.2. The molecule has 3 aliphatic rings. The number of aliphatic hydroxyl groups excluding tert-OH is 1. The molecule has 3 heterocycles. The Morgan fingerprint density at radius 2 is 1.77 bits per heavy atom. The van der Waals surface area contributed by atoms with Crippen molar-refractivity contribution < 1.29 is 29.3 Å². The van der Waals surface area contributed by atoms with Gasteiger partial charge in [0.2, 0.25) is 11.8 Å². The number of benzene rings is 3. The number of carbonyl (C=O) groups excluding carboxylic acids is 3. The van der Waals surface area contributed by atoms with E-state index in [9.17, 15) is 24.6 Å². The van der Waals surface area contributed by atoms with Crippen molar-refractivity contribution in [3.05, 3.63) is 101 Å². The molecule has 0 saturated carbocycles. The summed E-state index contributed by atoms with van der Waals surface area (Å²) in [5.74, 6) is -0.573. The van der Waals surface area contributed by atoms with E-state index in [1.54, 1.807) is 54.2 Å². The van der Waals surface area contributed by atoms with E-state index >= 15 is 0 Å². The van der Waals surface area contributed by atoms with Crippen LogP contribution in [0.5, 0.6) is 5.75 Å². The number of methoxy groups -OCH3 is 1. The zero-order valence-corrected chi connectivity index (χ0v) is 27.8. The van der Waals surface area contributed by atoms with Crippen molar-refractivity contribution in [2.24, 2.45) is 5.92 Å². The quantitative estimate of drug-likeness (QED) is 0.306. The van der Waals surface area contributed by atoms with Gasteiger partial charge in [-0.1, -0.05) is 68.3 Å². The van der Waals surface area contributed by atoms with Gasteiger partial charge in [-0.15, -0.1) is 0 Å². The summed E-state index contributed by atoms with van der Waals surface area (Å²) in [5.41, 5.74) is 3.11. The lowest BCUT2D eigenvalue weighted by Crippen LogP contribution is -2.46. The first-order valence-corrected chi connectivity index (χ1v) is 17.0. The third-order valence-electron chi connectivity index (χ3n) is 10.2. The molecule has 0 spiro atoms. The number of amides is 3. The van der Waals surface area contributed by atoms with E-state index in [2.05, 4.69) is 0 Å². The topological polar surface area (TPSA) is 111 Å². The molecule has 1 saturated heterocycles. The lowest BCUT2D eigenvalue weighted by atomic mass is 9.82. The van der Waals surface area contributed by atoms with Crippen LogP contribution >= 0.6 is 0 Å². The van der Waals surface area contributed by atoms with Gasteiger partial charge in [0, 0.05) is 43.1 Å². The Hall–Kier alpha value is -4.47. The van der Waals surface area contributed by atoms with Gasteiger partial charge in [-0.3, -0.25) is 14.4 Å². The van der Waals surface area contributed by atoms with Crippen LogP contribution in [0, 0.1) is 5.92 Å². The van der Waals surface area contributed by atoms with Gasteiger partial charge in [-0.2, -0.15) is 0 Å².